The monoisotopic (exact) mass is 330 g/mol. The van der Waals surface area contributed by atoms with E-state index in [-0.39, 0.29) is 14.9 Å². The first-order chi connectivity index (χ1) is 9.88. The second-order valence-corrected chi connectivity index (χ2v) is 7.65. The predicted octanol–water partition coefficient (Wildman–Crippen LogP) is 1.76. The van der Waals surface area contributed by atoms with E-state index in [4.69, 9.17) is 0 Å². The lowest BCUT2D eigenvalue weighted by atomic mass is 10.4. The number of hydrogen-bond acceptors (Lipinski definition) is 7. The summed E-state index contributed by atoms with van der Waals surface area (Å²) < 4.78 is 24.7. The van der Waals surface area contributed by atoms with Crippen molar-refractivity contribution < 1.29 is 13.3 Å². The van der Waals surface area contributed by atoms with Gasteiger partial charge in [-0.2, -0.15) is 5.10 Å². The van der Waals surface area contributed by atoms with Crippen LogP contribution in [0.4, 0.5) is 10.7 Å². The first-order valence-corrected chi connectivity index (χ1v) is 8.78. The number of nitrogens with one attached hydrogen (secondary N) is 1. The molecule has 0 unspecified atom stereocenters. The highest BCUT2D eigenvalue weighted by atomic mass is 32.2. The molecule has 0 aliphatic rings. The third-order valence-corrected chi connectivity index (χ3v) is 5.54. The first kappa shape index (κ1) is 15.4. The fourth-order valence-electron chi connectivity index (χ4n) is 1.68. The number of thiophene rings is 1. The minimum Gasteiger partial charge on any atom is -0.371 e. The fourth-order valence-corrected chi connectivity index (χ4v) is 3.65. The van der Waals surface area contributed by atoms with Crippen molar-refractivity contribution in [2.45, 2.75) is 17.2 Å². The van der Waals surface area contributed by atoms with E-state index in [9.17, 15) is 18.5 Å². The molecule has 0 radical (unpaired) electrons. The number of rotatable bonds is 7. The lowest BCUT2D eigenvalue weighted by molar-refractivity contribution is -0.383. The number of aromatic nitrogens is 2. The van der Waals surface area contributed by atoms with Crippen molar-refractivity contribution in [2.75, 3.05) is 18.1 Å². The molecule has 2 aromatic heterocycles. The molecule has 0 saturated carbocycles. The van der Waals surface area contributed by atoms with Crippen LogP contribution in [0.25, 0.3) is 0 Å². The number of nitro groups is 1. The van der Waals surface area contributed by atoms with Crippen molar-refractivity contribution in [1.82, 2.24) is 9.78 Å². The maximum absolute atomic E-state index is 11.5. The molecule has 0 saturated heterocycles. The quantitative estimate of drug-likeness (QED) is 0.471. The molecular formula is C11H14N4O4S2. The Morgan fingerprint density at radius 1 is 1.52 bits per heavy atom. The van der Waals surface area contributed by atoms with E-state index in [2.05, 4.69) is 10.4 Å². The zero-order chi connectivity index (χ0) is 15.5. The van der Waals surface area contributed by atoms with Crippen molar-refractivity contribution in [3.05, 3.63) is 34.6 Å². The van der Waals surface area contributed by atoms with E-state index in [0.717, 1.165) is 23.7 Å². The van der Waals surface area contributed by atoms with E-state index in [1.165, 1.54) is 0 Å². The summed E-state index contributed by atoms with van der Waals surface area (Å²) in [7, 11) is -3.44. The first-order valence-electron chi connectivity index (χ1n) is 6.07. The SMILES string of the molecule is CS(=O)(=O)c1cc([N+](=O)[O-])c(NCCCn2cccn2)s1. The molecule has 10 heteroatoms. The molecule has 0 aliphatic heterocycles. The molecule has 0 aromatic carbocycles. The zero-order valence-corrected chi connectivity index (χ0v) is 12.9. The smallest absolute Gasteiger partial charge is 0.304 e. The van der Waals surface area contributed by atoms with Gasteiger partial charge in [-0.25, -0.2) is 8.42 Å². The summed E-state index contributed by atoms with van der Waals surface area (Å²) in [6.45, 7) is 1.17. The van der Waals surface area contributed by atoms with Crippen LogP contribution in [0, 0.1) is 10.1 Å². The minimum atomic E-state index is -3.44. The number of anilines is 1. The molecule has 0 aliphatic carbocycles. The Labute approximate surface area is 125 Å². The normalized spacial score (nSPS) is 11.5. The topological polar surface area (TPSA) is 107 Å². The van der Waals surface area contributed by atoms with Gasteiger partial charge in [0, 0.05) is 37.8 Å². The van der Waals surface area contributed by atoms with Crippen LogP contribution in [-0.4, -0.2) is 35.9 Å². The predicted molar refractivity (Wildman–Crippen MR) is 79.4 cm³/mol. The molecule has 0 spiro atoms. The van der Waals surface area contributed by atoms with Crippen LogP contribution in [0.2, 0.25) is 0 Å². The van der Waals surface area contributed by atoms with Gasteiger partial charge in [0.15, 0.2) is 14.8 Å². The highest BCUT2D eigenvalue weighted by Gasteiger charge is 2.23. The average molecular weight is 330 g/mol. The second-order valence-electron chi connectivity index (χ2n) is 4.36. The summed E-state index contributed by atoms with van der Waals surface area (Å²) in [6, 6.07) is 2.91. The fraction of sp³-hybridized carbons (Fsp3) is 0.364. The molecule has 2 rings (SSSR count). The molecule has 0 atom stereocenters. The molecule has 8 nitrogen and oxygen atoms in total. The van der Waals surface area contributed by atoms with Crippen molar-refractivity contribution >= 4 is 31.9 Å². The van der Waals surface area contributed by atoms with Crippen LogP contribution in [0.3, 0.4) is 0 Å². The molecule has 0 amide bonds. The minimum absolute atomic E-state index is 0.0104. The van der Waals surface area contributed by atoms with Crippen LogP contribution < -0.4 is 5.32 Å². The van der Waals surface area contributed by atoms with Crippen LogP contribution >= 0.6 is 11.3 Å². The summed E-state index contributed by atoms with van der Waals surface area (Å²) in [5.74, 6) is 0. The van der Waals surface area contributed by atoms with Gasteiger partial charge in [-0.1, -0.05) is 11.3 Å². The number of hydrogen-bond donors (Lipinski definition) is 1. The Kier molecular flexibility index (Phi) is 4.58. The Bertz CT molecular complexity index is 721. The molecule has 2 aromatic rings. The Morgan fingerprint density at radius 3 is 2.86 bits per heavy atom. The number of sulfone groups is 1. The molecule has 0 bridgehead atoms. The van der Waals surface area contributed by atoms with E-state index >= 15 is 0 Å². The van der Waals surface area contributed by atoms with E-state index in [1.807, 2.05) is 12.3 Å². The molecule has 1 N–H and O–H groups in total. The van der Waals surface area contributed by atoms with Crippen molar-refractivity contribution in [2.24, 2.45) is 0 Å². The summed E-state index contributed by atoms with van der Waals surface area (Å²) in [5, 5.41) is 18.2. The van der Waals surface area contributed by atoms with Gasteiger partial charge in [0.25, 0.3) is 0 Å². The number of aryl methyl sites for hydroxylation is 1. The third-order valence-electron chi connectivity index (χ3n) is 2.66. The van der Waals surface area contributed by atoms with Crippen LogP contribution in [0.5, 0.6) is 0 Å². The maximum atomic E-state index is 11.5. The number of nitrogens with zero attached hydrogens (tertiary/aromatic N) is 3. The Morgan fingerprint density at radius 2 is 2.29 bits per heavy atom. The van der Waals surface area contributed by atoms with Gasteiger partial charge in [-0.05, 0) is 12.5 Å². The van der Waals surface area contributed by atoms with Crippen molar-refractivity contribution in [3.63, 3.8) is 0 Å². The summed E-state index contributed by atoms with van der Waals surface area (Å²) in [4.78, 5) is 10.4. The standard InChI is InChI=1S/C11H14N4O4S2/c1-21(18,19)10-8-9(15(16)17)11(20-10)12-4-2-6-14-7-3-5-13-14/h3,5,7-8,12H,2,4,6H2,1H3. The Hall–Kier alpha value is -1.94. The van der Waals surface area contributed by atoms with Crippen molar-refractivity contribution in [1.29, 1.82) is 0 Å². The van der Waals surface area contributed by atoms with Gasteiger partial charge < -0.3 is 5.32 Å². The van der Waals surface area contributed by atoms with E-state index < -0.39 is 14.8 Å². The van der Waals surface area contributed by atoms with Gasteiger partial charge in [-0.3, -0.25) is 14.8 Å². The van der Waals surface area contributed by atoms with Crippen LogP contribution in [0.15, 0.2) is 28.7 Å². The zero-order valence-electron chi connectivity index (χ0n) is 11.2. The average Bonchev–Trinajstić information content (AvgIpc) is 3.03. The third kappa shape index (κ3) is 4.02. The van der Waals surface area contributed by atoms with E-state index in [0.29, 0.717) is 19.5 Å². The molecule has 2 heterocycles. The van der Waals surface area contributed by atoms with Crippen molar-refractivity contribution in [3.8, 4) is 0 Å². The van der Waals surface area contributed by atoms with Crippen LogP contribution in [0.1, 0.15) is 6.42 Å². The van der Waals surface area contributed by atoms with Gasteiger partial charge in [0.05, 0.1) is 4.92 Å². The second kappa shape index (κ2) is 6.22. The lowest BCUT2D eigenvalue weighted by Crippen LogP contribution is -2.07. The van der Waals surface area contributed by atoms with Gasteiger partial charge in [-0.15, -0.1) is 0 Å². The summed E-state index contributed by atoms with van der Waals surface area (Å²) in [6.07, 6.45) is 5.25. The summed E-state index contributed by atoms with van der Waals surface area (Å²) >= 11 is 0.880. The highest BCUT2D eigenvalue weighted by molar-refractivity contribution is 7.92. The summed E-state index contributed by atoms with van der Waals surface area (Å²) in [5.41, 5.74) is -0.209. The maximum Gasteiger partial charge on any atom is 0.304 e. The molecule has 0 fully saturated rings. The van der Waals surface area contributed by atoms with Gasteiger partial charge in [0.1, 0.15) is 4.21 Å². The Balaban J connectivity index is 2.01. The molecule has 114 valence electrons. The highest BCUT2D eigenvalue weighted by Crippen LogP contribution is 2.36. The largest absolute Gasteiger partial charge is 0.371 e. The molecular weight excluding hydrogens is 316 g/mol. The van der Waals surface area contributed by atoms with Gasteiger partial charge in [0.2, 0.25) is 0 Å². The van der Waals surface area contributed by atoms with Gasteiger partial charge >= 0.3 is 5.69 Å². The van der Waals surface area contributed by atoms with Crippen LogP contribution in [-0.2, 0) is 16.4 Å². The van der Waals surface area contributed by atoms with E-state index in [1.54, 1.807) is 10.9 Å². The lowest BCUT2D eigenvalue weighted by Gasteiger charge is -2.03. The molecule has 21 heavy (non-hydrogen) atoms.